The summed E-state index contributed by atoms with van der Waals surface area (Å²) in [7, 11) is 0. The molecular formula is C22H23N3O. The molecule has 2 aromatic carbocycles. The fourth-order valence-electron chi connectivity index (χ4n) is 3.59. The Bertz CT molecular complexity index is 893. The minimum Gasteiger partial charge on any atom is -0.352 e. The second-order valence-corrected chi connectivity index (χ2v) is 6.80. The Labute approximate surface area is 153 Å². The Morgan fingerprint density at radius 1 is 1.12 bits per heavy atom. The van der Waals surface area contributed by atoms with Crippen molar-refractivity contribution in [3.05, 3.63) is 66.4 Å². The predicted octanol–water partition coefficient (Wildman–Crippen LogP) is 3.77. The van der Waals surface area contributed by atoms with E-state index in [-0.39, 0.29) is 5.91 Å². The number of fused-ring (bicyclic) bond motifs is 1. The van der Waals surface area contributed by atoms with Gasteiger partial charge in [-0.2, -0.15) is 0 Å². The molecule has 4 rings (SSSR count). The maximum absolute atomic E-state index is 12.3. The number of nitrogens with zero attached hydrogens (tertiary/aromatic N) is 1. The molecule has 1 amide bonds. The van der Waals surface area contributed by atoms with Crippen LogP contribution in [0.15, 0.2) is 60.8 Å². The Morgan fingerprint density at radius 2 is 1.96 bits per heavy atom. The van der Waals surface area contributed by atoms with Crippen LogP contribution in [-0.4, -0.2) is 30.0 Å². The third-order valence-corrected chi connectivity index (χ3v) is 5.03. The summed E-state index contributed by atoms with van der Waals surface area (Å²) < 4.78 is 0. The number of pyridine rings is 1. The number of rotatable bonds is 5. The highest BCUT2D eigenvalue weighted by atomic mass is 16.1. The van der Waals surface area contributed by atoms with E-state index in [4.69, 9.17) is 0 Å². The topological polar surface area (TPSA) is 54.0 Å². The Hall–Kier alpha value is -2.72. The third kappa shape index (κ3) is 3.60. The van der Waals surface area contributed by atoms with Crippen LogP contribution in [0.3, 0.4) is 0 Å². The average molecular weight is 345 g/mol. The molecule has 0 spiro atoms. The van der Waals surface area contributed by atoms with Crippen LogP contribution >= 0.6 is 0 Å². The van der Waals surface area contributed by atoms with Crippen LogP contribution in [0.4, 0.5) is 0 Å². The van der Waals surface area contributed by atoms with Gasteiger partial charge in [0, 0.05) is 35.3 Å². The molecule has 3 aromatic rings. The van der Waals surface area contributed by atoms with Crippen LogP contribution in [0, 0.1) is 0 Å². The summed E-state index contributed by atoms with van der Waals surface area (Å²) in [6, 6.07) is 18.5. The molecule has 1 atom stereocenters. The number of carbonyl (C=O) groups excluding carboxylic acids is 1. The van der Waals surface area contributed by atoms with Gasteiger partial charge in [-0.1, -0.05) is 36.4 Å². The van der Waals surface area contributed by atoms with Crippen LogP contribution in [0.25, 0.3) is 22.0 Å². The molecule has 1 fully saturated rings. The van der Waals surface area contributed by atoms with E-state index >= 15 is 0 Å². The first-order valence-corrected chi connectivity index (χ1v) is 9.27. The molecule has 1 saturated heterocycles. The lowest BCUT2D eigenvalue weighted by atomic mass is 10.0. The Balaban J connectivity index is 1.45. The van der Waals surface area contributed by atoms with E-state index in [1.54, 1.807) is 0 Å². The minimum atomic E-state index is -0.0135. The lowest BCUT2D eigenvalue weighted by Gasteiger charge is -2.11. The zero-order valence-electron chi connectivity index (χ0n) is 14.7. The van der Waals surface area contributed by atoms with E-state index in [2.05, 4.69) is 27.8 Å². The van der Waals surface area contributed by atoms with E-state index < -0.39 is 0 Å². The number of nitrogens with one attached hydrogen (secondary N) is 2. The first-order valence-electron chi connectivity index (χ1n) is 9.27. The summed E-state index contributed by atoms with van der Waals surface area (Å²) in [4.78, 5) is 16.9. The predicted molar refractivity (Wildman–Crippen MR) is 105 cm³/mol. The minimum absolute atomic E-state index is 0.0135. The molecular weight excluding hydrogens is 322 g/mol. The molecule has 0 bridgehead atoms. The molecule has 26 heavy (non-hydrogen) atoms. The maximum atomic E-state index is 12.3. The van der Waals surface area contributed by atoms with Gasteiger partial charge in [0.25, 0.3) is 5.91 Å². The second kappa shape index (κ2) is 7.67. The standard InChI is InChI=1S/C22H23N3O/c26-22(25-15-12-19-5-3-13-23-19)18-9-7-17(8-10-18)21-20-6-2-1-4-16(20)11-14-24-21/h1-2,4,6-11,14,19,23H,3,5,12-13,15H2,(H,25,26). The highest BCUT2D eigenvalue weighted by Gasteiger charge is 2.14. The van der Waals surface area contributed by atoms with E-state index in [9.17, 15) is 4.79 Å². The van der Waals surface area contributed by atoms with Gasteiger partial charge < -0.3 is 10.6 Å². The first kappa shape index (κ1) is 16.7. The zero-order chi connectivity index (χ0) is 17.8. The van der Waals surface area contributed by atoms with Gasteiger partial charge in [-0.15, -0.1) is 0 Å². The first-order chi connectivity index (χ1) is 12.8. The molecule has 2 heterocycles. The van der Waals surface area contributed by atoms with Crippen molar-refractivity contribution in [1.82, 2.24) is 15.6 Å². The van der Waals surface area contributed by atoms with Crippen molar-refractivity contribution in [3.8, 4) is 11.3 Å². The van der Waals surface area contributed by atoms with Gasteiger partial charge in [-0.3, -0.25) is 9.78 Å². The number of amides is 1. The van der Waals surface area contributed by atoms with E-state index in [1.165, 1.54) is 18.2 Å². The van der Waals surface area contributed by atoms with Gasteiger partial charge in [0.1, 0.15) is 0 Å². The SMILES string of the molecule is O=C(NCCC1CCCN1)c1ccc(-c2nccc3ccccc23)cc1. The van der Waals surface area contributed by atoms with Crippen molar-refractivity contribution in [3.63, 3.8) is 0 Å². The average Bonchev–Trinajstić information content (AvgIpc) is 3.21. The van der Waals surface area contributed by atoms with Crippen molar-refractivity contribution in [2.75, 3.05) is 13.1 Å². The molecule has 0 aliphatic carbocycles. The van der Waals surface area contributed by atoms with Crippen molar-refractivity contribution >= 4 is 16.7 Å². The van der Waals surface area contributed by atoms with E-state index in [0.717, 1.165) is 29.6 Å². The van der Waals surface area contributed by atoms with Crippen molar-refractivity contribution in [2.24, 2.45) is 0 Å². The summed E-state index contributed by atoms with van der Waals surface area (Å²) in [5.41, 5.74) is 2.66. The molecule has 4 heteroatoms. The van der Waals surface area contributed by atoms with Gasteiger partial charge in [-0.05, 0) is 49.4 Å². The number of benzene rings is 2. The monoisotopic (exact) mass is 345 g/mol. The molecule has 1 aromatic heterocycles. The summed E-state index contributed by atoms with van der Waals surface area (Å²) in [6.07, 6.45) is 5.27. The summed E-state index contributed by atoms with van der Waals surface area (Å²) in [6.45, 7) is 1.81. The molecule has 1 unspecified atom stereocenters. The van der Waals surface area contributed by atoms with Gasteiger partial charge >= 0.3 is 0 Å². The lowest BCUT2D eigenvalue weighted by molar-refractivity contribution is 0.0952. The van der Waals surface area contributed by atoms with Crippen molar-refractivity contribution in [2.45, 2.75) is 25.3 Å². The number of aromatic nitrogens is 1. The summed E-state index contributed by atoms with van der Waals surface area (Å²) in [5, 5.41) is 8.76. The van der Waals surface area contributed by atoms with Crippen LogP contribution in [0.1, 0.15) is 29.6 Å². The molecule has 1 aliphatic heterocycles. The highest BCUT2D eigenvalue weighted by molar-refractivity contribution is 5.97. The van der Waals surface area contributed by atoms with Crippen LogP contribution in [-0.2, 0) is 0 Å². The number of hydrogen-bond acceptors (Lipinski definition) is 3. The highest BCUT2D eigenvalue weighted by Crippen LogP contribution is 2.26. The fourth-order valence-corrected chi connectivity index (χ4v) is 3.59. The van der Waals surface area contributed by atoms with E-state index in [1.807, 2.05) is 48.7 Å². The van der Waals surface area contributed by atoms with Crippen LogP contribution in [0.2, 0.25) is 0 Å². The van der Waals surface area contributed by atoms with Crippen molar-refractivity contribution in [1.29, 1.82) is 0 Å². The quantitative estimate of drug-likeness (QED) is 0.740. The van der Waals surface area contributed by atoms with E-state index in [0.29, 0.717) is 18.2 Å². The van der Waals surface area contributed by atoms with Gasteiger partial charge in [0.05, 0.1) is 5.69 Å². The number of hydrogen-bond donors (Lipinski definition) is 2. The largest absolute Gasteiger partial charge is 0.352 e. The third-order valence-electron chi connectivity index (χ3n) is 5.03. The summed E-state index contributed by atoms with van der Waals surface area (Å²) in [5.74, 6) is -0.0135. The molecule has 0 saturated carbocycles. The lowest BCUT2D eigenvalue weighted by Crippen LogP contribution is -2.30. The van der Waals surface area contributed by atoms with Gasteiger partial charge in [0.2, 0.25) is 0 Å². The fraction of sp³-hybridized carbons (Fsp3) is 0.273. The van der Waals surface area contributed by atoms with Crippen LogP contribution in [0.5, 0.6) is 0 Å². The normalized spacial score (nSPS) is 16.7. The van der Waals surface area contributed by atoms with Gasteiger partial charge in [0.15, 0.2) is 0 Å². The molecule has 2 N–H and O–H groups in total. The van der Waals surface area contributed by atoms with Crippen molar-refractivity contribution < 1.29 is 4.79 Å². The number of carbonyl (C=O) groups is 1. The Kier molecular flexibility index (Phi) is 4.93. The molecule has 4 nitrogen and oxygen atoms in total. The maximum Gasteiger partial charge on any atom is 0.251 e. The van der Waals surface area contributed by atoms with Crippen LogP contribution < -0.4 is 10.6 Å². The zero-order valence-corrected chi connectivity index (χ0v) is 14.7. The molecule has 0 radical (unpaired) electrons. The molecule has 132 valence electrons. The summed E-state index contributed by atoms with van der Waals surface area (Å²) >= 11 is 0. The van der Waals surface area contributed by atoms with Gasteiger partial charge in [-0.25, -0.2) is 0 Å². The molecule has 1 aliphatic rings. The smallest absolute Gasteiger partial charge is 0.251 e. The second-order valence-electron chi connectivity index (χ2n) is 6.80. The Morgan fingerprint density at radius 3 is 2.77 bits per heavy atom.